The van der Waals surface area contributed by atoms with Crippen LogP contribution in [-0.2, 0) is 10.0 Å². The molecule has 1 heterocycles. The van der Waals surface area contributed by atoms with E-state index in [2.05, 4.69) is 18.7 Å². The molecule has 5 heteroatoms. The maximum absolute atomic E-state index is 11.2. The SMILES string of the molecule is CC(C)N1CCN(S(C)(=O)=O)CC1. The van der Waals surface area contributed by atoms with Crippen LogP contribution in [0.25, 0.3) is 0 Å². The molecule has 4 nitrogen and oxygen atoms in total. The van der Waals surface area contributed by atoms with Gasteiger partial charge in [-0.25, -0.2) is 8.42 Å². The molecular weight excluding hydrogens is 188 g/mol. The number of piperazine rings is 1. The van der Waals surface area contributed by atoms with Crippen molar-refractivity contribution in [3.05, 3.63) is 0 Å². The largest absolute Gasteiger partial charge is 0.298 e. The second kappa shape index (κ2) is 3.94. The van der Waals surface area contributed by atoms with E-state index < -0.39 is 10.0 Å². The number of hydrogen-bond acceptors (Lipinski definition) is 3. The maximum atomic E-state index is 11.2. The first kappa shape index (κ1) is 10.9. The quantitative estimate of drug-likeness (QED) is 0.637. The molecule has 0 bridgehead atoms. The number of rotatable bonds is 2. The highest BCUT2D eigenvalue weighted by Crippen LogP contribution is 2.08. The summed E-state index contributed by atoms with van der Waals surface area (Å²) < 4.78 is 23.9. The fraction of sp³-hybridized carbons (Fsp3) is 1.00. The van der Waals surface area contributed by atoms with Gasteiger partial charge in [0.25, 0.3) is 0 Å². The molecule has 1 rings (SSSR count). The summed E-state index contributed by atoms with van der Waals surface area (Å²) in [6.07, 6.45) is 1.28. The van der Waals surface area contributed by atoms with E-state index >= 15 is 0 Å². The zero-order valence-electron chi connectivity index (χ0n) is 8.52. The standard InChI is InChI=1S/C8H18N2O2S/c1-8(2)9-4-6-10(7-5-9)13(3,11)12/h8H,4-7H2,1-3H3. The molecule has 0 aromatic heterocycles. The van der Waals surface area contributed by atoms with Crippen LogP contribution in [0.2, 0.25) is 0 Å². The van der Waals surface area contributed by atoms with Crippen LogP contribution < -0.4 is 0 Å². The van der Waals surface area contributed by atoms with Crippen molar-refractivity contribution < 1.29 is 8.42 Å². The molecule has 0 aliphatic carbocycles. The van der Waals surface area contributed by atoms with Gasteiger partial charge in [0.15, 0.2) is 0 Å². The first-order valence-electron chi connectivity index (χ1n) is 4.60. The Morgan fingerprint density at radius 3 is 1.85 bits per heavy atom. The van der Waals surface area contributed by atoms with Crippen molar-refractivity contribution in [3.8, 4) is 0 Å². The van der Waals surface area contributed by atoms with Crippen LogP contribution >= 0.6 is 0 Å². The second-order valence-electron chi connectivity index (χ2n) is 3.79. The lowest BCUT2D eigenvalue weighted by Gasteiger charge is -2.35. The Balaban J connectivity index is 2.49. The third kappa shape index (κ3) is 2.93. The average molecular weight is 206 g/mol. The third-order valence-electron chi connectivity index (χ3n) is 2.47. The lowest BCUT2D eigenvalue weighted by atomic mass is 10.3. The fourth-order valence-corrected chi connectivity index (χ4v) is 2.38. The number of hydrogen-bond donors (Lipinski definition) is 0. The molecule has 1 fully saturated rings. The number of nitrogens with zero attached hydrogens (tertiary/aromatic N) is 2. The summed E-state index contributed by atoms with van der Waals surface area (Å²) in [5.41, 5.74) is 0. The first-order valence-corrected chi connectivity index (χ1v) is 6.45. The molecular formula is C8H18N2O2S. The summed E-state index contributed by atoms with van der Waals surface area (Å²) in [7, 11) is -2.97. The predicted octanol–water partition coefficient (Wildman–Crippen LogP) is -0.0280. The summed E-state index contributed by atoms with van der Waals surface area (Å²) in [6.45, 7) is 7.25. The molecule has 0 aromatic rings. The lowest BCUT2D eigenvalue weighted by Crippen LogP contribution is -2.50. The zero-order chi connectivity index (χ0) is 10.1. The van der Waals surface area contributed by atoms with Crippen molar-refractivity contribution in [2.24, 2.45) is 0 Å². The Kier molecular flexibility index (Phi) is 3.32. The van der Waals surface area contributed by atoms with Gasteiger partial charge < -0.3 is 0 Å². The molecule has 1 saturated heterocycles. The van der Waals surface area contributed by atoms with Gasteiger partial charge in [0.2, 0.25) is 10.0 Å². The normalized spacial score (nSPS) is 22.5. The Labute approximate surface area is 80.6 Å². The highest BCUT2D eigenvalue weighted by Gasteiger charge is 2.24. The van der Waals surface area contributed by atoms with Gasteiger partial charge >= 0.3 is 0 Å². The minimum absolute atomic E-state index is 0.515. The van der Waals surface area contributed by atoms with Crippen molar-refractivity contribution in [1.29, 1.82) is 0 Å². The Bertz CT molecular complexity index is 253. The maximum Gasteiger partial charge on any atom is 0.211 e. The second-order valence-corrected chi connectivity index (χ2v) is 5.77. The van der Waals surface area contributed by atoms with Crippen LogP contribution in [-0.4, -0.2) is 56.1 Å². The van der Waals surface area contributed by atoms with Crippen LogP contribution in [0, 0.1) is 0 Å². The molecule has 0 aromatic carbocycles. The van der Waals surface area contributed by atoms with E-state index in [4.69, 9.17) is 0 Å². The molecule has 13 heavy (non-hydrogen) atoms. The van der Waals surface area contributed by atoms with Gasteiger partial charge in [0.1, 0.15) is 0 Å². The van der Waals surface area contributed by atoms with Crippen molar-refractivity contribution in [3.63, 3.8) is 0 Å². The van der Waals surface area contributed by atoms with Crippen LogP contribution in [0.5, 0.6) is 0 Å². The van der Waals surface area contributed by atoms with Gasteiger partial charge in [0, 0.05) is 32.2 Å². The molecule has 78 valence electrons. The molecule has 0 unspecified atom stereocenters. The van der Waals surface area contributed by atoms with Gasteiger partial charge in [-0.1, -0.05) is 0 Å². The van der Waals surface area contributed by atoms with Crippen molar-refractivity contribution in [2.75, 3.05) is 32.4 Å². The Hall–Kier alpha value is -0.130. The van der Waals surface area contributed by atoms with Gasteiger partial charge in [-0.05, 0) is 13.8 Å². The van der Waals surface area contributed by atoms with Gasteiger partial charge in [-0.3, -0.25) is 4.90 Å². The lowest BCUT2D eigenvalue weighted by molar-refractivity contribution is 0.154. The van der Waals surface area contributed by atoms with Crippen molar-refractivity contribution in [1.82, 2.24) is 9.21 Å². The van der Waals surface area contributed by atoms with Gasteiger partial charge in [0.05, 0.1) is 6.26 Å². The van der Waals surface area contributed by atoms with E-state index in [0.717, 1.165) is 13.1 Å². The van der Waals surface area contributed by atoms with Crippen molar-refractivity contribution in [2.45, 2.75) is 19.9 Å². The fourth-order valence-electron chi connectivity index (χ4n) is 1.55. The Morgan fingerprint density at radius 2 is 1.54 bits per heavy atom. The van der Waals surface area contributed by atoms with E-state index in [-0.39, 0.29) is 0 Å². The molecule has 0 N–H and O–H groups in total. The first-order chi connectivity index (χ1) is 5.91. The minimum Gasteiger partial charge on any atom is -0.298 e. The molecule has 0 saturated carbocycles. The van der Waals surface area contributed by atoms with Crippen LogP contribution in [0.4, 0.5) is 0 Å². The summed E-state index contributed by atoms with van der Waals surface area (Å²) >= 11 is 0. The van der Waals surface area contributed by atoms with Crippen LogP contribution in [0.15, 0.2) is 0 Å². The topological polar surface area (TPSA) is 40.6 Å². The molecule has 0 amide bonds. The summed E-state index contributed by atoms with van der Waals surface area (Å²) in [5.74, 6) is 0. The molecule has 0 atom stereocenters. The summed E-state index contributed by atoms with van der Waals surface area (Å²) in [6, 6.07) is 0.515. The van der Waals surface area contributed by atoms with Crippen LogP contribution in [0.3, 0.4) is 0 Å². The van der Waals surface area contributed by atoms with E-state index in [1.54, 1.807) is 4.31 Å². The van der Waals surface area contributed by atoms with E-state index in [1.807, 2.05) is 0 Å². The Morgan fingerprint density at radius 1 is 1.08 bits per heavy atom. The molecule has 0 radical (unpaired) electrons. The minimum atomic E-state index is -2.97. The van der Waals surface area contributed by atoms with E-state index in [1.165, 1.54) is 6.26 Å². The predicted molar refractivity (Wildman–Crippen MR) is 53.1 cm³/mol. The van der Waals surface area contributed by atoms with Gasteiger partial charge in [-0.15, -0.1) is 0 Å². The third-order valence-corrected chi connectivity index (χ3v) is 3.78. The molecule has 1 aliphatic rings. The average Bonchev–Trinajstić information content (AvgIpc) is 2.03. The smallest absolute Gasteiger partial charge is 0.211 e. The molecule has 0 spiro atoms. The summed E-state index contributed by atoms with van der Waals surface area (Å²) in [4.78, 5) is 2.29. The van der Waals surface area contributed by atoms with E-state index in [0.29, 0.717) is 19.1 Å². The zero-order valence-corrected chi connectivity index (χ0v) is 9.34. The van der Waals surface area contributed by atoms with E-state index in [9.17, 15) is 8.42 Å². The number of sulfonamides is 1. The monoisotopic (exact) mass is 206 g/mol. The summed E-state index contributed by atoms with van der Waals surface area (Å²) in [5, 5.41) is 0. The molecule has 1 aliphatic heterocycles. The van der Waals surface area contributed by atoms with Crippen LogP contribution in [0.1, 0.15) is 13.8 Å². The van der Waals surface area contributed by atoms with Crippen molar-refractivity contribution >= 4 is 10.0 Å². The highest BCUT2D eigenvalue weighted by molar-refractivity contribution is 7.88. The van der Waals surface area contributed by atoms with Gasteiger partial charge in [-0.2, -0.15) is 4.31 Å². The highest BCUT2D eigenvalue weighted by atomic mass is 32.2.